The van der Waals surface area contributed by atoms with Gasteiger partial charge in [0.25, 0.3) is 15.6 Å². The maximum absolute atomic E-state index is 12.6. The normalized spacial score (nSPS) is 11.5. The zero-order valence-corrected chi connectivity index (χ0v) is 14.9. The molecule has 1 N–H and O–H groups in total. The number of hydrogen-bond acceptors (Lipinski definition) is 7. The van der Waals surface area contributed by atoms with Crippen LogP contribution in [0.25, 0.3) is 11.4 Å². The summed E-state index contributed by atoms with van der Waals surface area (Å²) in [6, 6.07) is 6.41. The molecule has 0 fully saturated rings. The van der Waals surface area contributed by atoms with E-state index >= 15 is 0 Å². The average molecular weight is 377 g/mol. The largest absolute Gasteiger partial charge is 0.330 e. The molecule has 1 aromatic carbocycles. The number of benzene rings is 1. The Morgan fingerprint density at radius 1 is 1.12 bits per heavy atom. The quantitative estimate of drug-likeness (QED) is 0.621. The molecule has 0 aliphatic heterocycles. The number of nitrogens with one attached hydrogen (secondary N) is 1. The topological polar surface area (TPSA) is 134 Å². The van der Waals surface area contributed by atoms with E-state index in [0.29, 0.717) is 11.4 Å². The van der Waals surface area contributed by atoms with Gasteiger partial charge in [-0.25, -0.2) is 17.9 Å². The molecule has 0 amide bonds. The SMILES string of the molecule is Cn1nnnc1-c1cccc(NS(=O)(=O)c2cn(C)c(=O)n(C)c2=O)c1. The van der Waals surface area contributed by atoms with E-state index in [4.69, 9.17) is 0 Å². The minimum atomic E-state index is -4.20. The van der Waals surface area contributed by atoms with Gasteiger partial charge in [0.2, 0.25) is 0 Å². The number of hydrogen-bond donors (Lipinski definition) is 1. The maximum atomic E-state index is 12.6. The van der Waals surface area contributed by atoms with E-state index in [1.54, 1.807) is 19.2 Å². The van der Waals surface area contributed by atoms with Crippen LogP contribution in [0.5, 0.6) is 0 Å². The minimum absolute atomic E-state index is 0.224. The third-order valence-electron chi connectivity index (χ3n) is 3.70. The Morgan fingerprint density at radius 3 is 2.50 bits per heavy atom. The van der Waals surface area contributed by atoms with Crippen molar-refractivity contribution in [1.29, 1.82) is 0 Å². The van der Waals surface area contributed by atoms with E-state index in [9.17, 15) is 18.0 Å². The fourth-order valence-electron chi connectivity index (χ4n) is 2.37. The Labute approximate surface area is 147 Å². The van der Waals surface area contributed by atoms with Crippen LogP contribution in [0.3, 0.4) is 0 Å². The number of aromatic nitrogens is 6. The zero-order valence-electron chi connectivity index (χ0n) is 14.1. The molecular formula is C14H15N7O4S. The summed E-state index contributed by atoms with van der Waals surface area (Å²) in [6.07, 6.45) is 0.990. The Balaban J connectivity index is 2.03. The van der Waals surface area contributed by atoms with Crippen LogP contribution in [0.15, 0.2) is 44.9 Å². The standard InChI is InChI=1S/C14H15N7O4S/c1-19-8-11(13(22)20(2)14(19)23)26(24,25)16-10-6-4-5-9(7-10)12-15-17-18-21(12)3/h4-8,16H,1-3H3. The Bertz CT molecular complexity index is 1210. The van der Waals surface area contributed by atoms with Crippen LogP contribution in [0, 0.1) is 0 Å². The molecule has 0 aliphatic carbocycles. The Morgan fingerprint density at radius 2 is 1.85 bits per heavy atom. The molecule has 0 bridgehead atoms. The molecule has 11 nitrogen and oxygen atoms in total. The van der Waals surface area contributed by atoms with Crippen molar-refractivity contribution in [3.63, 3.8) is 0 Å². The number of tetrazole rings is 1. The summed E-state index contributed by atoms with van der Waals surface area (Å²) in [7, 11) is 0.0274. The number of sulfonamides is 1. The van der Waals surface area contributed by atoms with Crippen molar-refractivity contribution in [1.82, 2.24) is 29.3 Å². The smallest absolute Gasteiger partial charge is 0.302 e. The molecule has 12 heteroatoms. The molecule has 0 radical (unpaired) electrons. The molecule has 3 aromatic rings. The van der Waals surface area contributed by atoms with Crippen LogP contribution in [0.4, 0.5) is 5.69 Å². The van der Waals surface area contributed by atoms with Crippen LogP contribution in [-0.2, 0) is 31.2 Å². The minimum Gasteiger partial charge on any atom is -0.302 e. The third-order valence-corrected chi connectivity index (χ3v) is 5.06. The van der Waals surface area contributed by atoms with Gasteiger partial charge in [-0.1, -0.05) is 12.1 Å². The monoisotopic (exact) mass is 377 g/mol. The third kappa shape index (κ3) is 3.01. The summed E-state index contributed by atoms with van der Waals surface area (Å²) >= 11 is 0. The Kier molecular flexibility index (Phi) is 4.20. The first-order chi connectivity index (χ1) is 12.2. The van der Waals surface area contributed by atoms with Gasteiger partial charge in [-0.3, -0.25) is 14.1 Å². The van der Waals surface area contributed by atoms with E-state index in [-0.39, 0.29) is 5.69 Å². The van der Waals surface area contributed by atoms with Crippen LogP contribution in [-0.4, -0.2) is 37.8 Å². The Hall–Kier alpha value is -3.28. The van der Waals surface area contributed by atoms with Gasteiger partial charge in [-0.2, -0.15) is 0 Å². The summed E-state index contributed by atoms with van der Waals surface area (Å²) in [6.45, 7) is 0. The summed E-state index contributed by atoms with van der Waals surface area (Å²) in [4.78, 5) is 23.4. The molecule has 0 spiro atoms. The van der Waals surface area contributed by atoms with Gasteiger partial charge < -0.3 is 4.57 Å². The molecule has 3 rings (SSSR count). The highest BCUT2D eigenvalue weighted by Gasteiger charge is 2.22. The second-order valence-electron chi connectivity index (χ2n) is 5.56. The van der Waals surface area contributed by atoms with Gasteiger partial charge in [0.15, 0.2) is 10.7 Å². The lowest BCUT2D eigenvalue weighted by atomic mass is 10.2. The number of rotatable bonds is 4. The molecular weight excluding hydrogens is 362 g/mol. The predicted octanol–water partition coefficient (Wildman–Crippen LogP) is -0.925. The van der Waals surface area contributed by atoms with E-state index in [2.05, 4.69) is 20.2 Å². The van der Waals surface area contributed by atoms with Crippen molar-refractivity contribution in [3.8, 4) is 11.4 Å². The number of nitrogens with zero attached hydrogens (tertiary/aromatic N) is 6. The molecule has 0 aliphatic rings. The van der Waals surface area contributed by atoms with E-state index in [1.807, 2.05) is 0 Å². The highest BCUT2D eigenvalue weighted by Crippen LogP contribution is 2.21. The van der Waals surface area contributed by atoms with Crippen molar-refractivity contribution >= 4 is 15.7 Å². The first kappa shape index (κ1) is 17.5. The molecule has 0 saturated heterocycles. The molecule has 136 valence electrons. The molecule has 0 saturated carbocycles. The first-order valence-electron chi connectivity index (χ1n) is 7.33. The van der Waals surface area contributed by atoms with Crippen molar-refractivity contribution in [2.45, 2.75) is 4.90 Å². The summed E-state index contributed by atoms with van der Waals surface area (Å²) in [5.74, 6) is 0.448. The van der Waals surface area contributed by atoms with Gasteiger partial charge >= 0.3 is 5.69 Å². The van der Waals surface area contributed by atoms with Crippen molar-refractivity contribution in [3.05, 3.63) is 51.3 Å². The summed E-state index contributed by atoms with van der Waals surface area (Å²) in [5, 5.41) is 11.1. The second kappa shape index (κ2) is 6.22. The zero-order chi connectivity index (χ0) is 19.1. The second-order valence-corrected chi connectivity index (χ2v) is 7.21. The number of anilines is 1. The van der Waals surface area contributed by atoms with Crippen molar-refractivity contribution in [2.75, 3.05) is 4.72 Å². The fraction of sp³-hybridized carbons (Fsp3) is 0.214. The van der Waals surface area contributed by atoms with Crippen LogP contribution in [0.2, 0.25) is 0 Å². The summed E-state index contributed by atoms with van der Waals surface area (Å²) < 4.78 is 30.8. The van der Waals surface area contributed by atoms with Crippen LogP contribution < -0.4 is 16.0 Å². The fourth-order valence-corrected chi connectivity index (χ4v) is 3.58. The highest BCUT2D eigenvalue weighted by molar-refractivity contribution is 7.92. The van der Waals surface area contributed by atoms with Crippen LogP contribution in [0.1, 0.15) is 0 Å². The maximum Gasteiger partial charge on any atom is 0.330 e. The van der Waals surface area contributed by atoms with Crippen LogP contribution >= 0.6 is 0 Å². The lowest BCUT2D eigenvalue weighted by Gasteiger charge is -2.10. The van der Waals surface area contributed by atoms with Crippen molar-refractivity contribution in [2.24, 2.45) is 21.1 Å². The number of aryl methyl sites for hydroxylation is 2. The molecule has 26 heavy (non-hydrogen) atoms. The van der Waals surface area contributed by atoms with Gasteiger partial charge in [0.1, 0.15) is 0 Å². The van der Waals surface area contributed by atoms with E-state index in [0.717, 1.165) is 15.3 Å². The van der Waals surface area contributed by atoms with Gasteiger partial charge in [0, 0.05) is 38.6 Å². The van der Waals surface area contributed by atoms with Gasteiger partial charge in [0.05, 0.1) is 0 Å². The lowest BCUT2D eigenvalue weighted by molar-refractivity contribution is 0.589. The average Bonchev–Trinajstić information content (AvgIpc) is 3.02. The van der Waals surface area contributed by atoms with E-state index < -0.39 is 26.2 Å². The highest BCUT2D eigenvalue weighted by atomic mass is 32.2. The van der Waals surface area contributed by atoms with Gasteiger partial charge in [-0.15, -0.1) is 5.10 Å². The summed E-state index contributed by atoms with van der Waals surface area (Å²) in [5.41, 5.74) is -0.715. The lowest BCUT2D eigenvalue weighted by Crippen LogP contribution is -2.40. The van der Waals surface area contributed by atoms with Crippen molar-refractivity contribution < 1.29 is 8.42 Å². The molecule has 0 unspecified atom stereocenters. The predicted molar refractivity (Wildman–Crippen MR) is 92.0 cm³/mol. The molecule has 0 atom stereocenters. The van der Waals surface area contributed by atoms with E-state index in [1.165, 1.54) is 30.9 Å². The van der Waals surface area contributed by atoms with Gasteiger partial charge in [-0.05, 0) is 22.6 Å². The molecule has 2 aromatic heterocycles. The first-order valence-corrected chi connectivity index (χ1v) is 8.81. The molecule has 2 heterocycles.